The molecule has 2 aromatic heterocycles. The predicted molar refractivity (Wildman–Crippen MR) is 95.1 cm³/mol. The van der Waals surface area contributed by atoms with Crippen molar-refractivity contribution in [2.24, 2.45) is 5.92 Å². The van der Waals surface area contributed by atoms with Crippen LogP contribution in [-0.4, -0.2) is 31.7 Å². The van der Waals surface area contributed by atoms with Gasteiger partial charge in [0.05, 0.1) is 6.04 Å². The second-order valence-electron chi connectivity index (χ2n) is 7.03. The minimum absolute atomic E-state index is 0.00273. The summed E-state index contributed by atoms with van der Waals surface area (Å²) >= 11 is 1.22. The van der Waals surface area contributed by atoms with E-state index in [0.717, 1.165) is 51.4 Å². The number of amides is 1. The highest BCUT2D eigenvalue weighted by Gasteiger charge is 2.28. The van der Waals surface area contributed by atoms with E-state index in [4.69, 9.17) is 0 Å². The van der Waals surface area contributed by atoms with Crippen molar-refractivity contribution in [3.05, 3.63) is 5.69 Å². The second-order valence-corrected chi connectivity index (χ2v) is 8.03. The van der Waals surface area contributed by atoms with E-state index < -0.39 is 5.97 Å². The van der Waals surface area contributed by atoms with Gasteiger partial charge in [-0.2, -0.15) is 10.1 Å². The fourth-order valence-electron chi connectivity index (χ4n) is 3.99. The Balaban J connectivity index is 1.65. The number of fused-ring (bicyclic) bond motifs is 1. The first-order chi connectivity index (χ1) is 12.1. The standard InChI is InChI=1S/C17H22N4O3S/c22-15(10-6-4-5-7-10)19-17-18-14-13(25-17)12(16(23)24)20-21(14)11-8-2-1-3-9-11/h10-11H,1-9H2,(H,23,24)(H,18,19,22). The number of hydrogen-bond acceptors (Lipinski definition) is 5. The average Bonchev–Trinajstić information content (AvgIpc) is 3.31. The Morgan fingerprint density at radius 3 is 2.44 bits per heavy atom. The van der Waals surface area contributed by atoms with Crippen LogP contribution >= 0.6 is 11.3 Å². The maximum atomic E-state index is 12.3. The summed E-state index contributed by atoms with van der Waals surface area (Å²) in [5.74, 6) is -0.986. The molecule has 0 aliphatic heterocycles. The van der Waals surface area contributed by atoms with E-state index in [2.05, 4.69) is 15.4 Å². The van der Waals surface area contributed by atoms with E-state index in [0.29, 0.717) is 15.5 Å². The summed E-state index contributed by atoms with van der Waals surface area (Å²) in [4.78, 5) is 28.4. The quantitative estimate of drug-likeness (QED) is 0.861. The van der Waals surface area contributed by atoms with Crippen molar-refractivity contribution < 1.29 is 14.7 Å². The number of carbonyl (C=O) groups excluding carboxylic acids is 1. The monoisotopic (exact) mass is 362 g/mol. The second kappa shape index (κ2) is 6.74. The third-order valence-electron chi connectivity index (χ3n) is 5.33. The average molecular weight is 362 g/mol. The van der Waals surface area contributed by atoms with E-state index >= 15 is 0 Å². The summed E-state index contributed by atoms with van der Waals surface area (Å²) < 4.78 is 2.33. The van der Waals surface area contributed by atoms with E-state index in [1.54, 1.807) is 4.68 Å². The lowest BCUT2D eigenvalue weighted by Gasteiger charge is -2.21. The van der Waals surface area contributed by atoms with Crippen molar-refractivity contribution in [2.45, 2.75) is 63.8 Å². The first-order valence-electron chi connectivity index (χ1n) is 9.06. The number of hydrogen-bond donors (Lipinski definition) is 2. The van der Waals surface area contributed by atoms with Crippen LogP contribution in [0.3, 0.4) is 0 Å². The molecular formula is C17H22N4O3S. The third kappa shape index (κ3) is 3.15. The van der Waals surface area contributed by atoms with Gasteiger partial charge in [0.1, 0.15) is 4.70 Å². The summed E-state index contributed by atoms with van der Waals surface area (Å²) in [6.07, 6.45) is 9.50. The first kappa shape index (κ1) is 16.5. The fourth-order valence-corrected chi connectivity index (χ4v) is 4.92. The zero-order chi connectivity index (χ0) is 17.4. The Labute approximate surface area is 149 Å². The van der Waals surface area contributed by atoms with Crippen molar-refractivity contribution in [1.82, 2.24) is 14.8 Å². The van der Waals surface area contributed by atoms with Crippen LogP contribution in [0.1, 0.15) is 74.3 Å². The van der Waals surface area contributed by atoms with E-state index in [1.165, 1.54) is 17.8 Å². The van der Waals surface area contributed by atoms with Gasteiger partial charge in [0.2, 0.25) is 5.91 Å². The first-order valence-corrected chi connectivity index (χ1v) is 9.88. The van der Waals surface area contributed by atoms with Gasteiger partial charge < -0.3 is 10.4 Å². The molecule has 2 fully saturated rings. The number of carbonyl (C=O) groups is 2. The van der Waals surface area contributed by atoms with Crippen molar-refractivity contribution in [3.63, 3.8) is 0 Å². The number of anilines is 1. The van der Waals surface area contributed by atoms with Gasteiger partial charge in [0.25, 0.3) is 0 Å². The van der Waals surface area contributed by atoms with Crippen LogP contribution in [0.4, 0.5) is 5.13 Å². The lowest BCUT2D eigenvalue weighted by molar-refractivity contribution is -0.119. The van der Waals surface area contributed by atoms with Gasteiger partial charge in [0, 0.05) is 5.92 Å². The molecule has 2 heterocycles. The normalized spacial score (nSPS) is 19.5. The fraction of sp³-hybridized carbons (Fsp3) is 0.647. The zero-order valence-electron chi connectivity index (χ0n) is 14.0. The van der Waals surface area contributed by atoms with Crippen LogP contribution in [-0.2, 0) is 4.79 Å². The van der Waals surface area contributed by atoms with Gasteiger partial charge in [-0.15, -0.1) is 0 Å². The summed E-state index contributed by atoms with van der Waals surface area (Å²) in [5.41, 5.74) is 0.635. The minimum Gasteiger partial charge on any atom is -0.476 e. The van der Waals surface area contributed by atoms with E-state index in [9.17, 15) is 14.7 Å². The molecule has 8 heteroatoms. The Bertz CT molecular complexity index is 800. The minimum atomic E-state index is -1.04. The molecule has 0 spiro atoms. The molecule has 1 amide bonds. The number of carboxylic acid groups (broad SMARTS) is 1. The zero-order valence-corrected chi connectivity index (χ0v) is 14.8. The summed E-state index contributed by atoms with van der Waals surface area (Å²) in [5, 5.41) is 17.2. The predicted octanol–water partition coefficient (Wildman–Crippen LogP) is 3.82. The van der Waals surface area contributed by atoms with E-state index in [-0.39, 0.29) is 23.6 Å². The summed E-state index contributed by atoms with van der Waals surface area (Å²) in [6.45, 7) is 0. The molecule has 0 radical (unpaired) electrons. The molecule has 7 nitrogen and oxygen atoms in total. The largest absolute Gasteiger partial charge is 0.476 e. The Hall–Kier alpha value is -1.96. The molecule has 0 aromatic carbocycles. The van der Waals surface area contributed by atoms with Crippen LogP contribution in [0.15, 0.2) is 0 Å². The highest BCUT2D eigenvalue weighted by Crippen LogP contribution is 2.36. The molecule has 0 bridgehead atoms. The van der Waals surface area contributed by atoms with Crippen molar-refractivity contribution in [3.8, 4) is 0 Å². The van der Waals surface area contributed by atoms with Gasteiger partial charge in [-0.3, -0.25) is 4.79 Å². The number of carboxylic acids is 1. The molecule has 2 aliphatic carbocycles. The summed E-state index contributed by atoms with van der Waals surface area (Å²) in [7, 11) is 0. The lowest BCUT2D eigenvalue weighted by Crippen LogP contribution is -2.20. The number of aromatic carboxylic acids is 1. The summed E-state index contributed by atoms with van der Waals surface area (Å²) in [6, 6.07) is 0.199. The van der Waals surface area contributed by atoms with Crippen LogP contribution in [0.5, 0.6) is 0 Å². The van der Waals surface area contributed by atoms with Crippen molar-refractivity contribution in [1.29, 1.82) is 0 Å². The molecular weight excluding hydrogens is 340 g/mol. The highest BCUT2D eigenvalue weighted by atomic mass is 32.1. The number of nitrogens with zero attached hydrogens (tertiary/aromatic N) is 3. The van der Waals surface area contributed by atoms with Crippen LogP contribution < -0.4 is 5.32 Å². The SMILES string of the molecule is O=C(O)c1nn(C2CCCCC2)c2nc(NC(=O)C3CCCC3)sc12. The third-order valence-corrected chi connectivity index (χ3v) is 6.30. The van der Waals surface area contributed by atoms with Crippen LogP contribution in [0, 0.1) is 5.92 Å². The molecule has 25 heavy (non-hydrogen) atoms. The van der Waals surface area contributed by atoms with Crippen LogP contribution in [0.2, 0.25) is 0 Å². The van der Waals surface area contributed by atoms with Gasteiger partial charge in [-0.05, 0) is 25.7 Å². The molecule has 4 rings (SSSR count). The topological polar surface area (TPSA) is 97.1 Å². The molecule has 0 saturated heterocycles. The maximum absolute atomic E-state index is 12.3. The molecule has 2 saturated carbocycles. The number of nitrogens with one attached hydrogen (secondary N) is 1. The molecule has 2 aliphatic rings. The van der Waals surface area contributed by atoms with E-state index in [1.807, 2.05) is 0 Å². The van der Waals surface area contributed by atoms with Gasteiger partial charge in [0.15, 0.2) is 16.5 Å². The maximum Gasteiger partial charge on any atom is 0.357 e. The molecule has 0 atom stereocenters. The number of rotatable bonds is 4. The Morgan fingerprint density at radius 1 is 1.08 bits per heavy atom. The molecule has 2 aromatic rings. The van der Waals surface area contributed by atoms with Gasteiger partial charge in [-0.1, -0.05) is 43.4 Å². The number of aromatic nitrogens is 3. The Morgan fingerprint density at radius 2 is 1.76 bits per heavy atom. The Kier molecular flexibility index (Phi) is 4.45. The molecule has 134 valence electrons. The van der Waals surface area contributed by atoms with Crippen molar-refractivity contribution >= 4 is 38.7 Å². The molecule has 0 unspecified atom stereocenters. The molecule has 2 N–H and O–H groups in total. The van der Waals surface area contributed by atoms with Gasteiger partial charge >= 0.3 is 5.97 Å². The highest BCUT2D eigenvalue weighted by molar-refractivity contribution is 7.22. The number of thiazole rings is 1. The van der Waals surface area contributed by atoms with Crippen molar-refractivity contribution in [2.75, 3.05) is 5.32 Å². The lowest BCUT2D eigenvalue weighted by atomic mass is 9.96. The smallest absolute Gasteiger partial charge is 0.357 e. The van der Waals surface area contributed by atoms with Crippen LogP contribution in [0.25, 0.3) is 10.3 Å². The van der Waals surface area contributed by atoms with Gasteiger partial charge in [-0.25, -0.2) is 9.48 Å².